The quantitative estimate of drug-likeness (QED) is 0.913. The standard InChI is InChI=1S/C20H24N2O2/c1-23-19-14-15(13-17-20(19)24-12-9-21-17)5-4-10-22-11-8-16-6-2-3-7-18(16)22/h2-3,6-7,13-14,21H,4-5,8-12H2,1H3. The Morgan fingerprint density at radius 3 is 3.08 bits per heavy atom. The molecule has 4 nitrogen and oxygen atoms in total. The van der Waals surface area contributed by atoms with Crippen LogP contribution in [0.25, 0.3) is 0 Å². The zero-order valence-electron chi connectivity index (χ0n) is 14.2. The topological polar surface area (TPSA) is 33.7 Å². The van der Waals surface area contributed by atoms with Crippen molar-refractivity contribution < 1.29 is 9.47 Å². The van der Waals surface area contributed by atoms with Gasteiger partial charge in [-0.15, -0.1) is 0 Å². The third kappa shape index (κ3) is 2.88. The van der Waals surface area contributed by atoms with E-state index in [4.69, 9.17) is 9.47 Å². The highest BCUT2D eigenvalue weighted by Gasteiger charge is 2.19. The largest absolute Gasteiger partial charge is 0.493 e. The molecule has 2 aromatic carbocycles. The van der Waals surface area contributed by atoms with Crippen LogP contribution in [0.5, 0.6) is 11.5 Å². The summed E-state index contributed by atoms with van der Waals surface area (Å²) < 4.78 is 11.2. The van der Waals surface area contributed by atoms with Gasteiger partial charge in [0.2, 0.25) is 0 Å². The van der Waals surface area contributed by atoms with Crippen LogP contribution in [0.3, 0.4) is 0 Å². The first-order chi connectivity index (χ1) is 11.8. The van der Waals surface area contributed by atoms with Crippen LogP contribution in [0.2, 0.25) is 0 Å². The molecule has 0 radical (unpaired) electrons. The van der Waals surface area contributed by atoms with E-state index >= 15 is 0 Å². The van der Waals surface area contributed by atoms with E-state index in [9.17, 15) is 0 Å². The number of aryl methyl sites for hydroxylation is 1. The van der Waals surface area contributed by atoms with Crippen molar-refractivity contribution in [1.82, 2.24) is 0 Å². The summed E-state index contributed by atoms with van der Waals surface area (Å²) in [5.74, 6) is 1.68. The van der Waals surface area contributed by atoms with Gasteiger partial charge in [-0.2, -0.15) is 0 Å². The highest BCUT2D eigenvalue weighted by Crippen LogP contribution is 2.38. The van der Waals surface area contributed by atoms with Gasteiger partial charge in [0.15, 0.2) is 11.5 Å². The summed E-state index contributed by atoms with van der Waals surface area (Å²) in [5.41, 5.74) is 5.25. The fourth-order valence-electron chi connectivity index (χ4n) is 3.69. The van der Waals surface area contributed by atoms with E-state index in [1.54, 1.807) is 7.11 Å². The molecule has 0 saturated heterocycles. The average molecular weight is 324 g/mol. The van der Waals surface area contributed by atoms with E-state index in [-0.39, 0.29) is 0 Å². The molecule has 0 bridgehead atoms. The smallest absolute Gasteiger partial charge is 0.184 e. The van der Waals surface area contributed by atoms with Crippen LogP contribution in [0.1, 0.15) is 17.5 Å². The Hall–Kier alpha value is -2.36. The van der Waals surface area contributed by atoms with Crippen molar-refractivity contribution in [1.29, 1.82) is 0 Å². The van der Waals surface area contributed by atoms with Crippen LogP contribution in [-0.4, -0.2) is 33.4 Å². The van der Waals surface area contributed by atoms with Crippen LogP contribution in [-0.2, 0) is 12.8 Å². The van der Waals surface area contributed by atoms with E-state index in [0.717, 1.165) is 49.7 Å². The van der Waals surface area contributed by atoms with E-state index in [2.05, 4.69) is 46.6 Å². The second-order valence-electron chi connectivity index (χ2n) is 6.42. The Morgan fingerprint density at radius 1 is 1.25 bits per heavy atom. The molecule has 0 aliphatic carbocycles. The van der Waals surface area contributed by atoms with E-state index < -0.39 is 0 Å². The maximum atomic E-state index is 5.73. The minimum atomic E-state index is 0.692. The van der Waals surface area contributed by atoms with Gasteiger partial charge in [0.25, 0.3) is 0 Å². The van der Waals surface area contributed by atoms with Gasteiger partial charge in [-0.1, -0.05) is 18.2 Å². The summed E-state index contributed by atoms with van der Waals surface area (Å²) in [5, 5.41) is 3.41. The van der Waals surface area contributed by atoms with Gasteiger partial charge in [-0.3, -0.25) is 0 Å². The lowest BCUT2D eigenvalue weighted by molar-refractivity contribution is 0.298. The molecule has 0 unspecified atom stereocenters. The first-order valence-electron chi connectivity index (χ1n) is 8.75. The number of fused-ring (bicyclic) bond motifs is 2. The fourth-order valence-corrected chi connectivity index (χ4v) is 3.69. The van der Waals surface area contributed by atoms with E-state index in [1.165, 1.54) is 23.2 Å². The van der Waals surface area contributed by atoms with E-state index in [0.29, 0.717) is 6.61 Å². The summed E-state index contributed by atoms with van der Waals surface area (Å²) >= 11 is 0. The van der Waals surface area contributed by atoms with Gasteiger partial charge in [-0.05, 0) is 48.6 Å². The van der Waals surface area contributed by atoms with Crippen LogP contribution >= 0.6 is 0 Å². The van der Waals surface area contributed by atoms with Gasteiger partial charge in [0.1, 0.15) is 6.61 Å². The molecule has 0 fully saturated rings. The maximum absolute atomic E-state index is 5.73. The molecule has 2 heterocycles. The van der Waals surface area contributed by atoms with Crippen molar-refractivity contribution in [3.05, 3.63) is 47.5 Å². The molecule has 24 heavy (non-hydrogen) atoms. The molecule has 1 N–H and O–H groups in total. The minimum Gasteiger partial charge on any atom is -0.493 e. The number of rotatable bonds is 5. The second-order valence-corrected chi connectivity index (χ2v) is 6.42. The molecular weight excluding hydrogens is 300 g/mol. The summed E-state index contributed by atoms with van der Waals surface area (Å²) in [6.07, 6.45) is 3.35. The highest BCUT2D eigenvalue weighted by molar-refractivity contribution is 5.66. The Balaban J connectivity index is 1.42. The van der Waals surface area contributed by atoms with Gasteiger partial charge in [0, 0.05) is 25.3 Å². The number of para-hydroxylation sites is 1. The summed E-state index contributed by atoms with van der Waals surface area (Å²) in [6.45, 7) is 3.78. The summed E-state index contributed by atoms with van der Waals surface area (Å²) in [7, 11) is 1.71. The Kier molecular flexibility index (Phi) is 4.20. The van der Waals surface area contributed by atoms with Gasteiger partial charge in [-0.25, -0.2) is 0 Å². The van der Waals surface area contributed by atoms with Crippen LogP contribution in [0.15, 0.2) is 36.4 Å². The fraction of sp³-hybridized carbons (Fsp3) is 0.400. The van der Waals surface area contributed by atoms with Crippen LogP contribution in [0.4, 0.5) is 11.4 Å². The van der Waals surface area contributed by atoms with Crippen molar-refractivity contribution in [2.24, 2.45) is 0 Å². The monoisotopic (exact) mass is 324 g/mol. The van der Waals surface area contributed by atoms with Crippen molar-refractivity contribution in [2.45, 2.75) is 19.3 Å². The van der Waals surface area contributed by atoms with Crippen molar-refractivity contribution >= 4 is 11.4 Å². The number of methoxy groups -OCH3 is 1. The van der Waals surface area contributed by atoms with Gasteiger partial charge >= 0.3 is 0 Å². The lowest BCUT2D eigenvalue weighted by Gasteiger charge is -2.23. The number of anilines is 2. The molecule has 0 aromatic heterocycles. The second kappa shape index (κ2) is 6.63. The molecule has 2 aliphatic heterocycles. The van der Waals surface area contributed by atoms with Crippen LogP contribution < -0.4 is 19.7 Å². The highest BCUT2D eigenvalue weighted by atomic mass is 16.5. The van der Waals surface area contributed by atoms with Crippen molar-refractivity contribution in [2.75, 3.05) is 43.6 Å². The SMILES string of the molecule is COc1cc(CCCN2CCc3ccccc32)cc2c1OCCN2. The minimum absolute atomic E-state index is 0.692. The Morgan fingerprint density at radius 2 is 2.17 bits per heavy atom. The van der Waals surface area contributed by atoms with Crippen molar-refractivity contribution in [3.63, 3.8) is 0 Å². The number of ether oxygens (including phenoxy) is 2. The lowest BCUT2D eigenvalue weighted by Crippen LogP contribution is -2.22. The number of hydrogen-bond acceptors (Lipinski definition) is 4. The van der Waals surface area contributed by atoms with Crippen molar-refractivity contribution in [3.8, 4) is 11.5 Å². The normalized spacial score (nSPS) is 15.3. The predicted octanol–water partition coefficient (Wildman–Crippen LogP) is 3.49. The molecule has 4 heteroatoms. The molecule has 126 valence electrons. The first-order valence-corrected chi connectivity index (χ1v) is 8.75. The molecule has 4 rings (SSSR count). The number of nitrogens with one attached hydrogen (secondary N) is 1. The average Bonchev–Trinajstić information content (AvgIpc) is 3.04. The third-order valence-electron chi connectivity index (χ3n) is 4.88. The lowest BCUT2D eigenvalue weighted by atomic mass is 10.1. The number of hydrogen-bond donors (Lipinski definition) is 1. The third-order valence-corrected chi connectivity index (χ3v) is 4.88. The van der Waals surface area contributed by atoms with E-state index in [1.807, 2.05) is 0 Å². The Labute approximate surface area is 143 Å². The number of benzene rings is 2. The predicted molar refractivity (Wildman–Crippen MR) is 97.7 cm³/mol. The molecule has 2 aromatic rings. The van der Waals surface area contributed by atoms with Crippen LogP contribution in [0, 0.1) is 0 Å². The van der Waals surface area contributed by atoms with Gasteiger partial charge < -0.3 is 19.7 Å². The molecule has 0 amide bonds. The molecule has 2 aliphatic rings. The Bertz CT molecular complexity index is 712. The molecule has 0 atom stereocenters. The maximum Gasteiger partial charge on any atom is 0.184 e. The zero-order valence-corrected chi connectivity index (χ0v) is 14.2. The zero-order chi connectivity index (χ0) is 16.4. The summed E-state index contributed by atoms with van der Waals surface area (Å²) in [6, 6.07) is 13.1. The summed E-state index contributed by atoms with van der Waals surface area (Å²) in [4.78, 5) is 2.51. The molecule has 0 spiro atoms. The molecular formula is C20H24N2O2. The first kappa shape index (κ1) is 15.2. The van der Waals surface area contributed by atoms with Gasteiger partial charge in [0.05, 0.1) is 12.8 Å². The molecule has 0 saturated carbocycles. The number of nitrogens with zero attached hydrogens (tertiary/aromatic N) is 1.